The molecule has 0 aromatic heterocycles. The SMILES string of the molecule is CC(=O)c1cc([N+](=O)[O-])c(Cl)cc1F.O=C(O)c1cc([N+](=O)[O-])c(Cl)cc1F. The summed E-state index contributed by atoms with van der Waals surface area (Å²) >= 11 is 10.7. The van der Waals surface area contributed by atoms with Crippen molar-refractivity contribution in [2.75, 3.05) is 0 Å². The third kappa shape index (κ3) is 5.41. The van der Waals surface area contributed by atoms with Gasteiger partial charge in [0.1, 0.15) is 27.2 Å². The number of hydrogen-bond donors (Lipinski definition) is 1. The summed E-state index contributed by atoms with van der Waals surface area (Å²) in [6.07, 6.45) is 0. The van der Waals surface area contributed by atoms with Gasteiger partial charge in [-0.3, -0.25) is 25.0 Å². The Bertz CT molecular complexity index is 849. The minimum absolute atomic E-state index is 0.322. The van der Waals surface area contributed by atoms with Crippen molar-refractivity contribution in [1.82, 2.24) is 0 Å². The number of halogens is 4. The fourth-order valence-electron chi connectivity index (χ4n) is 1.79. The quantitative estimate of drug-likeness (QED) is 0.416. The van der Waals surface area contributed by atoms with E-state index in [-0.39, 0.29) is 10.6 Å². The predicted octanol–water partition coefficient (Wildman–Crippen LogP) is 4.68. The lowest BCUT2D eigenvalue weighted by atomic mass is 10.1. The number of carboxylic acids is 1. The second-order valence-electron chi connectivity index (χ2n) is 4.94. The minimum Gasteiger partial charge on any atom is -0.478 e. The van der Waals surface area contributed by atoms with Crippen molar-refractivity contribution < 1.29 is 33.3 Å². The number of carbonyl (C=O) groups excluding carboxylic acids is 1. The van der Waals surface area contributed by atoms with Gasteiger partial charge in [-0.25, -0.2) is 13.6 Å². The van der Waals surface area contributed by atoms with Crippen LogP contribution in [0.4, 0.5) is 20.2 Å². The maximum Gasteiger partial charge on any atom is 0.338 e. The average molecular weight is 437 g/mol. The summed E-state index contributed by atoms with van der Waals surface area (Å²) < 4.78 is 25.9. The van der Waals surface area contributed by atoms with Gasteiger partial charge in [-0.2, -0.15) is 0 Å². The molecule has 0 heterocycles. The van der Waals surface area contributed by atoms with Crippen molar-refractivity contribution in [3.63, 3.8) is 0 Å². The average Bonchev–Trinajstić information content (AvgIpc) is 2.53. The van der Waals surface area contributed by atoms with Gasteiger partial charge >= 0.3 is 5.97 Å². The first-order chi connectivity index (χ1) is 12.9. The van der Waals surface area contributed by atoms with Gasteiger partial charge < -0.3 is 5.11 Å². The summed E-state index contributed by atoms with van der Waals surface area (Å²) in [4.78, 5) is 40.3. The molecule has 0 atom stereocenters. The van der Waals surface area contributed by atoms with Crippen LogP contribution < -0.4 is 0 Å². The van der Waals surface area contributed by atoms with Crippen molar-refractivity contribution in [2.45, 2.75) is 6.92 Å². The molecule has 0 spiro atoms. The van der Waals surface area contributed by atoms with E-state index in [0.717, 1.165) is 19.1 Å². The molecule has 9 nitrogen and oxygen atoms in total. The van der Waals surface area contributed by atoms with Crippen molar-refractivity contribution in [3.05, 3.63) is 77.3 Å². The number of aromatic carboxylic acids is 1. The number of nitrogens with zero attached hydrogens (tertiary/aromatic N) is 2. The molecule has 0 amide bonds. The Morgan fingerprint density at radius 3 is 1.57 bits per heavy atom. The molecule has 0 bridgehead atoms. The Labute approximate surface area is 164 Å². The number of nitro groups is 2. The molecule has 2 aromatic rings. The van der Waals surface area contributed by atoms with Crippen LogP contribution in [0.1, 0.15) is 27.6 Å². The molecule has 0 saturated carbocycles. The van der Waals surface area contributed by atoms with E-state index in [1.807, 2.05) is 0 Å². The summed E-state index contributed by atoms with van der Waals surface area (Å²) in [5, 5.41) is 28.4. The maximum absolute atomic E-state index is 13.0. The zero-order valence-corrected chi connectivity index (χ0v) is 15.1. The highest BCUT2D eigenvalue weighted by molar-refractivity contribution is 6.33. The van der Waals surface area contributed by atoms with E-state index in [9.17, 15) is 38.6 Å². The molecule has 13 heteroatoms. The van der Waals surface area contributed by atoms with Gasteiger partial charge in [0.15, 0.2) is 5.78 Å². The highest BCUT2D eigenvalue weighted by atomic mass is 35.5. The second-order valence-corrected chi connectivity index (χ2v) is 5.76. The van der Waals surface area contributed by atoms with Crippen LogP contribution in [0, 0.1) is 31.9 Å². The minimum atomic E-state index is -1.58. The van der Waals surface area contributed by atoms with Gasteiger partial charge in [0.2, 0.25) is 0 Å². The molecule has 0 saturated heterocycles. The number of nitro benzene ring substituents is 2. The molecule has 2 aromatic carbocycles. The molecular weight excluding hydrogens is 429 g/mol. The maximum atomic E-state index is 13.0. The van der Waals surface area contributed by atoms with Crippen LogP contribution in [-0.2, 0) is 0 Å². The van der Waals surface area contributed by atoms with Crippen LogP contribution >= 0.6 is 23.2 Å². The van der Waals surface area contributed by atoms with Gasteiger partial charge in [-0.05, 0) is 6.92 Å². The van der Waals surface area contributed by atoms with Crippen molar-refractivity contribution >= 4 is 46.3 Å². The van der Waals surface area contributed by atoms with Crippen LogP contribution in [0.3, 0.4) is 0 Å². The van der Waals surface area contributed by atoms with Gasteiger partial charge in [-0.1, -0.05) is 23.2 Å². The Morgan fingerprint density at radius 1 is 0.893 bits per heavy atom. The lowest BCUT2D eigenvalue weighted by Gasteiger charge is -2.00. The molecule has 148 valence electrons. The molecule has 0 fully saturated rings. The molecule has 0 unspecified atom stereocenters. The smallest absolute Gasteiger partial charge is 0.338 e. The molecule has 1 N–H and O–H groups in total. The predicted molar refractivity (Wildman–Crippen MR) is 93.1 cm³/mol. The Balaban J connectivity index is 0.000000280. The van der Waals surface area contributed by atoms with E-state index >= 15 is 0 Å². The molecule has 0 aliphatic carbocycles. The van der Waals surface area contributed by atoms with Crippen LogP contribution in [-0.4, -0.2) is 26.7 Å². The summed E-state index contributed by atoms with van der Waals surface area (Å²) in [6, 6.07) is 2.78. The number of carbonyl (C=O) groups is 2. The van der Waals surface area contributed by atoms with Crippen LogP contribution in [0.15, 0.2) is 24.3 Å². The zero-order valence-electron chi connectivity index (χ0n) is 13.6. The van der Waals surface area contributed by atoms with Crippen LogP contribution in [0.25, 0.3) is 0 Å². The monoisotopic (exact) mass is 436 g/mol. The molecular formula is C15H8Cl2F2N2O7. The van der Waals surface area contributed by atoms with Gasteiger partial charge in [-0.15, -0.1) is 0 Å². The Morgan fingerprint density at radius 2 is 1.25 bits per heavy atom. The first-order valence-electron chi connectivity index (χ1n) is 6.87. The molecule has 28 heavy (non-hydrogen) atoms. The van der Waals surface area contributed by atoms with Crippen molar-refractivity contribution in [3.8, 4) is 0 Å². The first-order valence-corrected chi connectivity index (χ1v) is 7.63. The largest absolute Gasteiger partial charge is 0.478 e. The van der Waals surface area contributed by atoms with E-state index in [1.165, 1.54) is 0 Å². The summed E-state index contributed by atoms with van der Waals surface area (Å²) in [5.41, 5.74) is -2.22. The standard InChI is InChI=1S/C8H5ClFNO3.C7H3ClFNO4/c1-4(12)5-2-8(11(13)14)6(9)3-7(5)10;8-4-2-5(9)3(7(11)12)1-6(4)10(13)14/h2-3H,1H3;1-2H,(H,11,12). The number of Topliss-reactive ketones (excluding diaryl/α,β-unsaturated/α-hetero) is 1. The number of rotatable bonds is 4. The molecule has 0 aliphatic rings. The highest BCUT2D eigenvalue weighted by Crippen LogP contribution is 2.28. The second kappa shape index (κ2) is 9.15. The van der Waals surface area contributed by atoms with E-state index in [2.05, 4.69) is 0 Å². The molecule has 0 radical (unpaired) electrons. The number of benzene rings is 2. The topological polar surface area (TPSA) is 141 Å². The van der Waals surface area contributed by atoms with E-state index in [4.69, 9.17) is 28.3 Å². The van der Waals surface area contributed by atoms with Crippen LogP contribution in [0.5, 0.6) is 0 Å². The van der Waals surface area contributed by atoms with Gasteiger partial charge in [0.05, 0.1) is 15.4 Å². The number of carboxylic acid groups (broad SMARTS) is 1. The summed E-state index contributed by atoms with van der Waals surface area (Å²) in [5.74, 6) is -4.12. The Kier molecular flexibility index (Phi) is 7.47. The van der Waals surface area contributed by atoms with E-state index in [1.54, 1.807) is 0 Å². The number of hydrogen-bond acceptors (Lipinski definition) is 6. The normalized spacial score (nSPS) is 9.89. The molecule has 0 aliphatic heterocycles. The summed E-state index contributed by atoms with van der Waals surface area (Å²) in [6.45, 7) is 1.12. The fraction of sp³-hybridized carbons (Fsp3) is 0.0667. The molecule has 2 rings (SSSR count). The van der Waals surface area contributed by atoms with E-state index in [0.29, 0.717) is 12.1 Å². The van der Waals surface area contributed by atoms with Crippen molar-refractivity contribution in [2.24, 2.45) is 0 Å². The van der Waals surface area contributed by atoms with Crippen molar-refractivity contribution in [1.29, 1.82) is 0 Å². The number of ketones is 1. The van der Waals surface area contributed by atoms with E-state index < -0.39 is 55.2 Å². The lowest BCUT2D eigenvalue weighted by molar-refractivity contribution is -0.384. The van der Waals surface area contributed by atoms with Gasteiger partial charge in [0.25, 0.3) is 11.4 Å². The lowest BCUT2D eigenvalue weighted by Crippen LogP contribution is -2.02. The highest BCUT2D eigenvalue weighted by Gasteiger charge is 2.20. The Hall–Kier alpha value is -3.18. The van der Waals surface area contributed by atoms with Gasteiger partial charge in [0, 0.05) is 24.3 Å². The third-order valence-corrected chi connectivity index (χ3v) is 3.68. The van der Waals surface area contributed by atoms with Crippen LogP contribution in [0.2, 0.25) is 10.0 Å². The summed E-state index contributed by atoms with van der Waals surface area (Å²) in [7, 11) is 0. The zero-order chi connectivity index (χ0) is 21.8. The third-order valence-electron chi connectivity index (χ3n) is 3.08. The fourth-order valence-corrected chi connectivity index (χ4v) is 2.23. The first kappa shape index (κ1) is 22.9.